The van der Waals surface area contributed by atoms with Gasteiger partial charge in [-0.05, 0) is 49.4 Å². The van der Waals surface area contributed by atoms with Gasteiger partial charge in [-0.15, -0.1) is 0 Å². The highest BCUT2D eigenvalue weighted by Crippen LogP contribution is 2.52. The van der Waals surface area contributed by atoms with Crippen LogP contribution in [0.2, 0.25) is 0 Å². The van der Waals surface area contributed by atoms with Gasteiger partial charge in [-0.3, -0.25) is 9.59 Å². The zero-order valence-corrected chi connectivity index (χ0v) is 15.9. The molecular weight excluding hydrogens is 406 g/mol. The van der Waals surface area contributed by atoms with Crippen LogP contribution < -0.4 is 5.32 Å². The Bertz CT molecular complexity index is 754. The van der Waals surface area contributed by atoms with Crippen LogP contribution in [0.4, 0.5) is 8.78 Å². The number of carbonyl (C=O) groups excluding carboxylic acids is 2. The van der Waals surface area contributed by atoms with Crippen LogP contribution in [0.25, 0.3) is 0 Å². The lowest BCUT2D eigenvalue weighted by molar-refractivity contribution is -0.123. The van der Waals surface area contributed by atoms with Crippen LogP contribution in [0.3, 0.4) is 0 Å². The number of nitrogens with one attached hydrogen (secondary N) is 1. The van der Waals surface area contributed by atoms with E-state index in [0.717, 1.165) is 22.9 Å². The number of hydrogen-bond donors (Lipinski definition) is 1. The van der Waals surface area contributed by atoms with E-state index in [-0.39, 0.29) is 55.5 Å². The second-order valence-electron chi connectivity index (χ2n) is 7.83. The van der Waals surface area contributed by atoms with Gasteiger partial charge in [-0.25, -0.2) is 8.78 Å². The van der Waals surface area contributed by atoms with Crippen molar-refractivity contribution in [2.45, 2.75) is 55.9 Å². The van der Waals surface area contributed by atoms with Gasteiger partial charge in [0.25, 0.3) is 5.91 Å². The minimum atomic E-state index is -2.61. The van der Waals surface area contributed by atoms with Crippen molar-refractivity contribution in [2.75, 3.05) is 13.1 Å². The molecule has 1 heterocycles. The monoisotopic (exact) mass is 426 g/mol. The summed E-state index contributed by atoms with van der Waals surface area (Å²) in [5.41, 5.74) is 1.71. The molecule has 2 aliphatic carbocycles. The van der Waals surface area contributed by atoms with Crippen molar-refractivity contribution in [3.05, 3.63) is 33.8 Å². The van der Waals surface area contributed by atoms with Gasteiger partial charge in [0, 0.05) is 40.9 Å². The summed E-state index contributed by atoms with van der Waals surface area (Å²) in [6.45, 7) is 0.536. The fraction of sp³-hybridized carbons (Fsp3) is 0.579. The molecule has 1 N–H and O–H groups in total. The summed E-state index contributed by atoms with van der Waals surface area (Å²) in [5, 5.41) is 2.83. The molecule has 0 bridgehead atoms. The molecule has 0 aromatic heterocycles. The van der Waals surface area contributed by atoms with Gasteiger partial charge in [0.1, 0.15) is 0 Å². The van der Waals surface area contributed by atoms with E-state index in [1.807, 2.05) is 18.2 Å². The molecule has 0 atom stereocenters. The fourth-order valence-corrected chi connectivity index (χ4v) is 4.53. The maximum atomic E-state index is 13.2. The molecule has 26 heavy (non-hydrogen) atoms. The van der Waals surface area contributed by atoms with Gasteiger partial charge in [0.05, 0.1) is 6.54 Å². The van der Waals surface area contributed by atoms with Gasteiger partial charge >= 0.3 is 0 Å². The van der Waals surface area contributed by atoms with Crippen molar-refractivity contribution in [1.29, 1.82) is 0 Å². The Labute approximate surface area is 159 Å². The highest BCUT2D eigenvalue weighted by molar-refractivity contribution is 9.10. The minimum absolute atomic E-state index is 0.0109. The number of nitrogens with zero attached hydrogens (tertiary/aromatic N) is 1. The van der Waals surface area contributed by atoms with Gasteiger partial charge in [-0.2, -0.15) is 0 Å². The Kier molecular flexibility index (Phi) is 4.33. The number of carbonyl (C=O) groups is 2. The van der Waals surface area contributed by atoms with E-state index in [9.17, 15) is 18.4 Å². The Hall–Kier alpha value is -1.50. The van der Waals surface area contributed by atoms with Crippen LogP contribution in [-0.2, 0) is 10.2 Å². The first-order valence-electron chi connectivity index (χ1n) is 9.05. The molecule has 7 heteroatoms. The van der Waals surface area contributed by atoms with Crippen molar-refractivity contribution in [1.82, 2.24) is 10.2 Å². The first kappa shape index (κ1) is 17.9. The number of rotatable bonds is 3. The van der Waals surface area contributed by atoms with E-state index in [4.69, 9.17) is 0 Å². The number of alkyl halides is 2. The highest BCUT2D eigenvalue weighted by atomic mass is 79.9. The van der Waals surface area contributed by atoms with E-state index in [1.54, 1.807) is 4.90 Å². The van der Waals surface area contributed by atoms with E-state index in [2.05, 4.69) is 21.2 Å². The number of hydrogen-bond acceptors (Lipinski definition) is 2. The SMILES string of the molecule is O=C(CN1CC2(CC2)c2cc(Br)ccc2C1=O)NC1CCC(F)(F)CC1. The van der Waals surface area contributed by atoms with Crippen LogP contribution in [0.5, 0.6) is 0 Å². The average Bonchev–Trinajstić information content (AvgIpc) is 3.35. The molecule has 4 nitrogen and oxygen atoms in total. The summed E-state index contributed by atoms with van der Waals surface area (Å²) < 4.78 is 27.4. The van der Waals surface area contributed by atoms with E-state index in [0.29, 0.717) is 12.1 Å². The molecule has 2 saturated carbocycles. The summed E-state index contributed by atoms with van der Waals surface area (Å²) in [6, 6.07) is 5.45. The molecule has 0 radical (unpaired) electrons. The maximum Gasteiger partial charge on any atom is 0.254 e. The Morgan fingerprint density at radius 3 is 2.58 bits per heavy atom. The normalized spacial score (nSPS) is 23.7. The largest absolute Gasteiger partial charge is 0.352 e. The van der Waals surface area contributed by atoms with Crippen molar-refractivity contribution in [2.24, 2.45) is 0 Å². The fourth-order valence-electron chi connectivity index (χ4n) is 4.17. The maximum absolute atomic E-state index is 13.2. The molecule has 1 spiro atoms. The first-order valence-corrected chi connectivity index (χ1v) is 9.84. The van der Waals surface area contributed by atoms with Crippen LogP contribution in [0, 0.1) is 0 Å². The predicted molar refractivity (Wildman–Crippen MR) is 96.3 cm³/mol. The van der Waals surface area contributed by atoms with E-state index < -0.39 is 5.92 Å². The molecular formula is C19H21BrF2N2O2. The second-order valence-corrected chi connectivity index (χ2v) is 8.74. The number of amides is 2. The third kappa shape index (κ3) is 3.38. The highest BCUT2D eigenvalue weighted by Gasteiger charge is 2.51. The predicted octanol–water partition coefficient (Wildman–Crippen LogP) is 3.63. The van der Waals surface area contributed by atoms with Gasteiger partial charge in [0.2, 0.25) is 11.8 Å². The van der Waals surface area contributed by atoms with Crippen molar-refractivity contribution < 1.29 is 18.4 Å². The molecule has 140 valence electrons. The Morgan fingerprint density at radius 1 is 1.23 bits per heavy atom. The smallest absolute Gasteiger partial charge is 0.254 e. The number of halogens is 3. The minimum Gasteiger partial charge on any atom is -0.352 e. The van der Waals surface area contributed by atoms with E-state index >= 15 is 0 Å². The molecule has 3 aliphatic rings. The topological polar surface area (TPSA) is 49.4 Å². The van der Waals surface area contributed by atoms with Crippen LogP contribution in [-0.4, -0.2) is 41.8 Å². The summed E-state index contributed by atoms with van der Waals surface area (Å²) in [6.07, 6.45) is 2.22. The lowest BCUT2D eigenvalue weighted by Crippen LogP contribution is -2.50. The molecule has 2 fully saturated rings. The zero-order chi connectivity index (χ0) is 18.5. The Morgan fingerprint density at radius 2 is 1.92 bits per heavy atom. The first-order chi connectivity index (χ1) is 12.3. The third-order valence-electron chi connectivity index (χ3n) is 5.83. The molecule has 1 aromatic rings. The lowest BCUT2D eigenvalue weighted by Gasteiger charge is -2.35. The van der Waals surface area contributed by atoms with E-state index in [1.165, 1.54) is 0 Å². The molecule has 0 saturated heterocycles. The van der Waals surface area contributed by atoms with Crippen LogP contribution in [0.15, 0.2) is 22.7 Å². The zero-order valence-electron chi connectivity index (χ0n) is 14.4. The Balaban J connectivity index is 1.42. The molecule has 1 aromatic carbocycles. The quantitative estimate of drug-likeness (QED) is 0.801. The molecule has 0 unspecified atom stereocenters. The van der Waals surface area contributed by atoms with Crippen LogP contribution in [0.1, 0.15) is 54.4 Å². The van der Waals surface area contributed by atoms with Gasteiger partial charge < -0.3 is 10.2 Å². The molecule has 1 aliphatic heterocycles. The summed E-state index contributed by atoms with van der Waals surface area (Å²) in [7, 11) is 0. The van der Waals surface area contributed by atoms with Crippen molar-refractivity contribution in [3.8, 4) is 0 Å². The van der Waals surface area contributed by atoms with Gasteiger partial charge in [-0.1, -0.05) is 15.9 Å². The molecule has 4 rings (SSSR count). The van der Waals surface area contributed by atoms with Crippen molar-refractivity contribution >= 4 is 27.7 Å². The summed E-state index contributed by atoms with van der Waals surface area (Å²) in [4.78, 5) is 26.8. The standard InChI is InChI=1S/C19H21BrF2N2O2/c20-12-1-2-14-15(9-12)18(7-8-18)11-24(17(14)26)10-16(25)23-13-3-5-19(21,22)6-4-13/h1-2,9,13H,3-8,10-11H2,(H,23,25). The third-order valence-corrected chi connectivity index (χ3v) is 6.33. The van der Waals surface area contributed by atoms with Crippen molar-refractivity contribution in [3.63, 3.8) is 0 Å². The lowest BCUT2D eigenvalue weighted by atomic mass is 9.86. The summed E-state index contributed by atoms with van der Waals surface area (Å²) >= 11 is 3.47. The number of benzene rings is 1. The van der Waals surface area contributed by atoms with Crippen LogP contribution >= 0.6 is 15.9 Å². The molecule has 2 amide bonds. The van der Waals surface area contributed by atoms with Gasteiger partial charge in [0.15, 0.2) is 0 Å². The number of fused-ring (bicyclic) bond motifs is 2. The average molecular weight is 427 g/mol. The second kappa shape index (κ2) is 6.29. The summed E-state index contributed by atoms with van der Waals surface area (Å²) in [5.74, 6) is -3.00.